The van der Waals surface area contributed by atoms with Crippen LogP contribution in [-0.2, 0) is 0 Å². The Balaban J connectivity index is 2.08. The van der Waals surface area contributed by atoms with Gasteiger partial charge in [-0.1, -0.05) is 28.1 Å². The summed E-state index contributed by atoms with van der Waals surface area (Å²) in [6, 6.07) is 13.4. The second-order valence-electron chi connectivity index (χ2n) is 5.16. The molecule has 0 aliphatic rings. The standard InChI is InChI=1S/C18H20BrNO2/c1-4-22-17-10-7-15(11-12(17)2)18(21)20-13(3)14-5-8-16(19)9-6-14/h5-11,13H,4H2,1-3H3,(H,20,21)/t13-/m1/s1. The minimum atomic E-state index is -0.0819. The molecule has 3 nitrogen and oxygen atoms in total. The van der Waals surface area contributed by atoms with E-state index in [4.69, 9.17) is 4.74 Å². The maximum absolute atomic E-state index is 12.4. The topological polar surface area (TPSA) is 38.3 Å². The number of halogens is 1. The van der Waals surface area contributed by atoms with Gasteiger partial charge >= 0.3 is 0 Å². The molecule has 22 heavy (non-hydrogen) atoms. The first kappa shape index (κ1) is 16.6. The summed E-state index contributed by atoms with van der Waals surface area (Å²) in [5, 5.41) is 3.02. The SMILES string of the molecule is CCOc1ccc(C(=O)N[C@H](C)c2ccc(Br)cc2)cc1C. The predicted molar refractivity (Wildman–Crippen MR) is 92.4 cm³/mol. The molecular formula is C18H20BrNO2. The number of ether oxygens (including phenoxy) is 1. The van der Waals surface area contributed by atoms with E-state index >= 15 is 0 Å². The molecule has 0 unspecified atom stereocenters. The first-order valence-corrected chi connectivity index (χ1v) is 8.10. The molecule has 0 saturated carbocycles. The summed E-state index contributed by atoms with van der Waals surface area (Å²) in [5.74, 6) is 0.738. The average molecular weight is 362 g/mol. The predicted octanol–water partition coefficient (Wildman–Crippen LogP) is 4.65. The number of hydrogen-bond acceptors (Lipinski definition) is 2. The Bertz CT molecular complexity index is 653. The van der Waals surface area contributed by atoms with Crippen LogP contribution in [0.1, 0.15) is 41.4 Å². The van der Waals surface area contributed by atoms with Crippen LogP contribution in [0.4, 0.5) is 0 Å². The molecule has 1 amide bonds. The fraction of sp³-hybridized carbons (Fsp3) is 0.278. The van der Waals surface area contributed by atoms with Gasteiger partial charge in [0, 0.05) is 10.0 Å². The van der Waals surface area contributed by atoms with E-state index in [9.17, 15) is 4.79 Å². The number of benzene rings is 2. The summed E-state index contributed by atoms with van der Waals surface area (Å²) in [6.45, 7) is 6.48. The molecular weight excluding hydrogens is 342 g/mol. The van der Waals surface area contributed by atoms with Gasteiger partial charge < -0.3 is 10.1 Å². The van der Waals surface area contributed by atoms with E-state index in [1.807, 2.05) is 57.2 Å². The van der Waals surface area contributed by atoms with Crippen molar-refractivity contribution in [3.8, 4) is 5.75 Å². The number of nitrogens with one attached hydrogen (secondary N) is 1. The number of amides is 1. The number of rotatable bonds is 5. The minimum Gasteiger partial charge on any atom is -0.494 e. The largest absolute Gasteiger partial charge is 0.494 e. The molecule has 0 fully saturated rings. The van der Waals surface area contributed by atoms with E-state index in [2.05, 4.69) is 21.2 Å². The molecule has 0 bridgehead atoms. The van der Waals surface area contributed by atoms with Crippen LogP contribution in [0.2, 0.25) is 0 Å². The molecule has 1 atom stereocenters. The molecule has 0 saturated heterocycles. The zero-order chi connectivity index (χ0) is 16.1. The highest BCUT2D eigenvalue weighted by molar-refractivity contribution is 9.10. The minimum absolute atomic E-state index is 0.0486. The van der Waals surface area contributed by atoms with Crippen LogP contribution in [0.5, 0.6) is 5.75 Å². The summed E-state index contributed by atoms with van der Waals surface area (Å²) < 4.78 is 6.52. The van der Waals surface area contributed by atoms with Gasteiger partial charge in [-0.05, 0) is 62.2 Å². The van der Waals surface area contributed by atoms with Crippen molar-refractivity contribution in [3.05, 3.63) is 63.6 Å². The highest BCUT2D eigenvalue weighted by Crippen LogP contribution is 2.20. The Morgan fingerprint density at radius 1 is 1.23 bits per heavy atom. The molecule has 2 aromatic carbocycles. The van der Waals surface area contributed by atoms with Gasteiger partial charge in [-0.3, -0.25) is 4.79 Å². The molecule has 116 valence electrons. The van der Waals surface area contributed by atoms with Crippen LogP contribution < -0.4 is 10.1 Å². The van der Waals surface area contributed by atoms with E-state index < -0.39 is 0 Å². The van der Waals surface area contributed by atoms with Gasteiger partial charge in [-0.2, -0.15) is 0 Å². The maximum atomic E-state index is 12.4. The molecule has 0 radical (unpaired) electrons. The quantitative estimate of drug-likeness (QED) is 0.841. The van der Waals surface area contributed by atoms with Gasteiger partial charge in [0.1, 0.15) is 5.75 Å². The van der Waals surface area contributed by atoms with Gasteiger partial charge in [0.2, 0.25) is 0 Å². The normalized spacial score (nSPS) is 11.8. The first-order valence-electron chi connectivity index (χ1n) is 7.31. The summed E-state index contributed by atoms with van der Waals surface area (Å²) in [6.07, 6.45) is 0. The third kappa shape index (κ3) is 4.10. The van der Waals surface area contributed by atoms with Crippen LogP contribution in [0.25, 0.3) is 0 Å². The third-order valence-corrected chi connectivity index (χ3v) is 3.98. The number of hydrogen-bond donors (Lipinski definition) is 1. The van der Waals surface area contributed by atoms with E-state index in [-0.39, 0.29) is 11.9 Å². The molecule has 0 spiro atoms. The smallest absolute Gasteiger partial charge is 0.251 e. The monoisotopic (exact) mass is 361 g/mol. The molecule has 0 aromatic heterocycles. The van der Waals surface area contributed by atoms with Crippen molar-refractivity contribution in [2.45, 2.75) is 26.8 Å². The highest BCUT2D eigenvalue weighted by atomic mass is 79.9. The van der Waals surface area contributed by atoms with Crippen LogP contribution in [-0.4, -0.2) is 12.5 Å². The molecule has 0 aliphatic heterocycles. The summed E-state index contributed by atoms with van der Waals surface area (Å²) >= 11 is 3.41. The Labute approximate surface area is 139 Å². The van der Waals surface area contributed by atoms with E-state index in [0.29, 0.717) is 12.2 Å². The molecule has 4 heteroatoms. The van der Waals surface area contributed by atoms with Gasteiger partial charge in [0.25, 0.3) is 5.91 Å². The van der Waals surface area contributed by atoms with Crippen molar-refractivity contribution in [2.24, 2.45) is 0 Å². The van der Waals surface area contributed by atoms with Crippen LogP contribution in [0.15, 0.2) is 46.9 Å². The lowest BCUT2D eigenvalue weighted by Crippen LogP contribution is -2.26. The molecule has 0 heterocycles. The van der Waals surface area contributed by atoms with Crippen molar-refractivity contribution >= 4 is 21.8 Å². The summed E-state index contributed by atoms with van der Waals surface area (Å²) in [4.78, 5) is 12.4. The van der Waals surface area contributed by atoms with E-state index in [0.717, 1.165) is 21.3 Å². The number of carbonyl (C=O) groups excluding carboxylic acids is 1. The van der Waals surface area contributed by atoms with Crippen molar-refractivity contribution in [2.75, 3.05) is 6.61 Å². The zero-order valence-electron chi connectivity index (χ0n) is 13.0. The molecule has 1 N–H and O–H groups in total. The Hall–Kier alpha value is -1.81. The second-order valence-corrected chi connectivity index (χ2v) is 6.08. The molecule has 0 aliphatic carbocycles. The highest BCUT2D eigenvalue weighted by Gasteiger charge is 2.12. The number of carbonyl (C=O) groups is 1. The van der Waals surface area contributed by atoms with Crippen molar-refractivity contribution < 1.29 is 9.53 Å². The maximum Gasteiger partial charge on any atom is 0.251 e. The molecule has 2 rings (SSSR count). The first-order chi connectivity index (χ1) is 10.5. The summed E-state index contributed by atoms with van der Waals surface area (Å²) in [7, 11) is 0. The fourth-order valence-corrected chi connectivity index (χ4v) is 2.49. The second kappa shape index (κ2) is 7.45. The van der Waals surface area contributed by atoms with Crippen LogP contribution in [0, 0.1) is 6.92 Å². The Kier molecular flexibility index (Phi) is 5.61. The number of aryl methyl sites for hydroxylation is 1. The average Bonchev–Trinajstić information content (AvgIpc) is 2.50. The summed E-state index contributed by atoms with van der Waals surface area (Å²) in [5.41, 5.74) is 2.68. The Morgan fingerprint density at radius 2 is 1.91 bits per heavy atom. The lowest BCUT2D eigenvalue weighted by Gasteiger charge is -2.15. The van der Waals surface area contributed by atoms with E-state index in [1.165, 1.54) is 0 Å². The van der Waals surface area contributed by atoms with Crippen molar-refractivity contribution in [1.82, 2.24) is 5.32 Å². The zero-order valence-corrected chi connectivity index (χ0v) is 14.6. The fourth-order valence-electron chi connectivity index (χ4n) is 2.22. The van der Waals surface area contributed by atoms with Crippen molar-refractivity contribution in [1.29, 1.82) is 0 Å². The lowest BCUT2D eigenvalue weighted by molar-refractivity contribution is 0.0940. The Morgan fingerprint density at radius 3 is 2.50 bits per heavy atom. The lowest BCUT2D eigenvalue weighted by atomic mass is 10.1. The van der Waals surface area contributed by atoms with Gasteiger partial charge in [0.15, 0.2) is 0 Å². The van der Waals surface area contributed by atoms with Crippen LogP contribution >= 0.6 is 15.9 Å². The molecule has 2 aromatic rings. The van der Waals surface area contributed by atoms with Gasteiger partial charge in [-0.25, -0.2) is 0 Å². The third-order valence-electron chi connectivity index (χ3n) is 3.45. The van der Waals surface area contributed by atoms with Gasteiger partial charge in [-0.15, -0.1) is 0 Å². The van der Waals surface area contributed by atoms with E-state index in [1.54, 1.807) is 6.07 Å². The van der Waals surface area contributed by atoms with Gasteiger partial charge in [0.05, 0.1) is 12.6 Å². The van der Waals surface area contributed by atoms with Crippen LogP contribution in [0.3, 0.4) is 0 Å². The van der Waals surface area contributed by atoms with Crippen molar-refractivity contribution in [3.63, 3.8) is 0 Å².